The quantitative estimate of drug-likeness (QED) is 0.833. The molecule has 2 aliphatic heterocycles. The van der Waals surface area contributed by atoms with E-state index < -0.39 is 0 Å². The van der Waals surface area contributed by atoms with Gasteiger partial charge in [0.2, 0.25) is 0 Å². The van der Waals surface area contributed by atoms with E-state index in [1.807, 2.05) is 6.92 Å². The molecule has 0 unspecified atom stereocenters. The van der Waals surface area contributed by atoms with Gasteiger partial charge in [0.15, 0.2) is 0 Å². The predicted molar refractivity (Wildman–Crippen MR) is 94.1 cm³/mol. The fourth-order valence-electron chi connectivity index (χ4n) is 3.54. The van der Waals surface area contributed by atoms with Gasteiger partial charge >= 0.3 is 0 Å². The molecular formula is C18H26N4O2. The van der Waals surface area contributed by atoms with Crippen molar-refractivity contribution in [1.29, 1.82) is 0 Å². The molecule has 6 heteroatoms. The zero-order chi connectivity index (χ0) is 16.9. The predicted octanol–water partition coefficient (Wildman–Crippen LogP) is 0.865. The molecule has 1 aromatic rings. The molecule has 3 heterocycles. The number of rotatable bonds is 3. The second-order valence-electron chi connectivity index (χ2n) is 6.67. The molecule has 130 valence electrons. The SMILES string of the molecule is CC#CCN1CCC[C@H](n2ncc(N3CCC(O)CC3)cc2=O)C1. The van der Waals surface area contributed by atoms with E-state index >= 15 is 0 Å². The Bertz CT molecular complexity index is 668. The summed E-state index contributed by atoms with van der Waals surface area (Å²) in [5.41, 5.74) is 0.833. The Labute approximate surface area is 143 Å². The summed E-state index contributed by atoms with van der Waals surface area (Å²) in [5, 5.41) is 14.1. The van der Waals surface area contributed by atoms with Crippen LogP contribution < -0.4 is 10.5 Å². The van der Waals surface area contributed by atoms with Gasteiger partial charge in [-0.3, -0.25) is 9.69 Å². The molecule has 0 radical (unpaired) electrons. The molecule has 1 atom stereocenters. The highest BCUT2D eigenvalue weighted by atomic mass is 16.3. The van der Waals surface area contributed by atoms with Crippen LogP contribution in [0.1, 0.15) is 38.6 Å². The van der Waals surface area contributed by atoms with Crippen molar-refractivity contribution in [3.8, 4) is 11.8 Å². The molecule has 24 heavy (non-hydrogen) atoms. The van der Waals surface area contributed by atoms with Crippen LogP contribution in [0.4, 0.5) is 5.69 Å². The van der Waals surface area contributed by atoms with Crippen LogP contribution in [-0.4, -0.2) is 58.6 Å². The average molecular weight is 330 g/mol. The monoisotopic (exact) mass is 330 g/mol. The van der Waals surface area contributed by atoms with Crippen molar-refractivity contribution in [1.82, 2.24) is 14.7 Å². The van der Waals surface area contributed by atoms with Crippen LogP contribution in [0.2, 0.25) is 0 Å². The van der Waals surface area contributed by atoms with Gasteiger partial charge < -0.3 is 10.0 Å². The third kappa shape index (κ3) is 3.97. The van der Waals surface area contributed by atoms with Crippen LogP contribution in [0.5, 0.6) is 0 Å². The number of anilines is 1. The minimum Gasteiger partial charge on any atom is -0.393 e. The van der Waals surface area contributed by atoms with Crippen molar-refractivity contribution in [2.24, 2.45) is 0 Å². The van der Waals surface area contributed by atoms with Crippen LogP contribution in [0, 0.1) is 11.8 Å². The third-order valence-electron chi connectivity index (χ3n) is 4.95. The molecule has 1 N–H and O–H groups in total. The highest BCUT2D eigenvalue weighted by molar-refractivity contribution is 5.43. The van der Waals surface area contributed by atoms with Gasteiger partial charge in [-0.15, -0.1) is 5.92 Å². The summed E-state index contributed by atoms with van der Waals surface area (Å²) in [6.07, 6.45) is 5.13. The summed E-state index contributed by atoms with van der Waals surface area (Å²) in [6.45, 7) is 6.03. The molecule has 6 nitrogen and oxygen atoms in total. The van der Waals surface area contributed by atoms with Gasteiger partial charge in [0.25, 0.3) is 5.56 Å². The largest absolute Gasteiger partial charge is 0.393 e. The Hall–Kier alpha value is -1.84. The minimum atomic E-state index is -0.214. The summed E-state index contributed by atoms with van der Waals surface area (Å²) < 4.78 is 1.63. The Morgan fingerprint density at radius 1 is 1.29 bits per heavy atom. The topological polar surface area (TPSA) is 61.6 Å². The molecular weight excluding hydrogens is 304 g/mol. The first kappa shape index (κ1) is 17.0. The van der Waals surface area contributed by atoms with Crippen molar-refractivity contribution in [3.05, 3.63) is 22.6 Å². The maximum absolute atomic E-state index is 12.5. The molecule has 3 rings (SSSR count). The lowest BCUT2D eigenvalue weighted by Crippen LogP contribution is -2.41. The zero-order valence-electron chi connectivity index (χ0n) is 14.3. The summed E-state index contributed by atoms with van der Waals surface area (Å²) in [6, 6.07) is 1.82. The number of aliphatic hydroxyl groups is 1. The van der Waals surface area contributed by atoms with E-state index in [0.717, 1.165) is 64.1 Å². The first-order valence-electron chi connectivity index (χ1n) is 8.81. The molecule has 0 amide bonds. The number of piperidine rings is 2. The molecule has 0 bridgehead atoms. The number of likely N-dealkylation sites (tertiary alicyclic amines) is 1. The lowest BCUT2D eigenvalue weighted by Gasteiger charge is -2.33. The van der Waals surface area contributed by atoms with Crippen molar-refractivity contribution in [2.45, 2.75) is 44.8 Å². The Morgan fingerprint density at radius 2 is 2.08 bits per heavy atom. The van der Waals surface area contributed by atoms with Gasteiger partial charge in [-0.1, -0.05) is 5.92 Å². The van der Waals surface area contributed by atoms with E-state index in [4.69, 9.17) is 0 Å². The van der Waals surface area contributed by atoms with Crippen molar-refractivity contribution >= 4 is 5.69 Å². The van der Waals surface area contributed by atoms with E-state index in [-0.39, 0.29) is 17.7 Å². The molecule has 2 saturated heterocycles. The summed E-state index contributed by atoms with van der Waals surface area (Å²) in [5.74, 6) is 6.03. The van der Waals surface area contributed by atoms with Crippen molar-refractivity contribution in [2.75, 3.05) is 37.6 Å². The number of aliphatic hydroxyl groups excluding tert-OH is 1. The lowest BCUT2D eigenvalue weighted by molar-refractivity contribution is 0.145. The van der Waals surface area contributed by atoms with Crippen LogP contribution in [0.25, 0.3) is 0 Å². The standard InChI is InChI=1S/C18H26N4O2/c1-2-3-8-20-9-4-5-15(14-20)22-18(24)12-16(13-19-22)21-10-6-17(23)7-11-21/h12-13,15,17,23H,4-11,14H2,1H3/t15-/m0/s1. The third-order valence-corrected chi connectivity index (χ3v) is 4.95. The molecule has 0 aromatic carbocycles. The Morgan fingerprint density at radius 3 is 2.79 bits per heavy atom. The average Bonchev–Trinajstić information content (AvgIpc) is 2.61. The number of aromatic nitrogens is 2. The number of nitrogens with zero attached hydrogens (tertiary/aromatic N) is 4. The van der Waals surface area contributed by atoms with Crippen LogP contribution in [0.3, 0.4) is 0 Å². The number of hydrogen-bond donors (Lipinski definition) is 1. The van der Waals surface area contributed by atoms with Crippen molar-refractivity contribution < 1.29 is 5.11 Å². The molecule has 0 saturated carbocycles. The highest BCUT2D eigenvalue weighted by Gasteiger charge is 2.23. The van der Waals surface area contributed by atoms with Gasteiger partial charge in [-0.2, -0.15) is 5.10 Å². The normalized spacial score (nSPS) is 22.9. The summed E-state index contributed by atoms with van der Waals surface area (Å²) >= 11 is 0. The van der Waals surface area contributed by atoms with Crippen molar-refractivity contribution in [3.63, 3.8) is 0 Å². The molecule has 1 aromatic heterocycles. The van der Waals surface area contributed by atoms with Gasteiger partial charge in [0.05, 0.1) is 30.6 Å². The first-order chi connectivity index (χ1) is 11.7. The van der Waals surface area contributed by atoms with Crippen LogP contribution in [-0.2, 0) is 0 Å². The van der Waals surface area contributed by atoms with Gasteiger partial charge in [0.1, 0.15) is 0 Å². The van der Waals surface area contributed by atoms with Gasteiger partial charge in [-0.05, 0) is 39.2 Å². The first-order valence-corrected chi connectivity index (χ1v) is 8.81. The smallest absolute Gasteiger partial charge is 0.269 e. The molecule has 0 aliphatic carbocycles. The van der Waals surface area contributed by atoms with Crippen LogP contribution >= 0.6 is 0 Å². The fraction of sp³-hybridized carbons (Fsp3) is 0.667. The molecule has 2 fully saturated rings. The van der Waals surface area contributed by atoms with Gasteiger partial charge in [0, 0.05) is 25.7 Å². The summed E-state index contributed by atoms with van der Waals surface area (Å²) in [4.78, 5) is 17.0. The van der Waals surface area contributed by atoms with E-state index in [1.165, 1.54) is 0 Å². The lowest BCUT2D eigenvalue weighted by atomic mass is 10.1. The van der Waals surface area contributed by atoms with Crippen LogP contribution in [0.15, 0.2) is 17.1 Å². The Kier molecular flexibility index (Phi) is 5.54. The fourth-order valence-corrected chi connectivity index (χ4v) is 3.54. The highest BCUT2D eigenvalue weighted by Crippen LogP contribution is 2.21. The minimum absolute atomic E-state index is 0.0351. The molecule has 0 spiro atoms. The zero-order valence-corrected chi connectivity index (χ0v) is 14.3. The summed E-state index contributed by atoms with van der Waals surface area (Å²) in [7, 11) is 0. The maximum atomic E-state index is 12.5. The number of hydrogen-bond acceptors (Lipinski definition) is 5. The van der Waals surface area contributed by atoms with E-state index in [0.29, 0.717) is 0 Å². The van der Waals surface area contributed by atoms with E-state index in [1.54, 1.807) is 16.9 Å². The Balaban J connectivity index is 1.70. The van der Waals surface area contributed by atoms with E-state index in [9.17, 15) is 9.90 Å². The van der Waals surface area contributed by atoms with E-state index in [2.05, 4.69) is 26.7 Å². The maximum Gasteiger partial charge on any atom is 0.269 e. The second-order valence-corrected chi connectivity index (χ2v) is 6.67. The van der Waals surface area contributed by atoms with Gasteiger partial charge in [-0.25, -0.2) is 4.68 Å². The molecule has 2 aliphatic rings. The second kappa shape index (κ2) is 7.82.